The summed E-state index contributed by atoms with van der Waals surface area (Å²) in [6.45, 7) is 3.71. The van der Waals surface area contributed by atoms with Crippen LogP contribution in [0.1, 0.15) is 28.7 Å². The van der Waals surface area contributed by atoms with Crippen LogP contribution in [0.5, 0.6) is 5.75 Å². The molecule has 4 N–H and O–H groups in total. The van der Waals surface area contributed by atoms with Crippen molar-refractivity contribution in [3.05, 3.63) is 41.2 Å². The highest BCUT2D eigenvalue weighted by molar-refractivity contribution is 5.97. The number of nitrogens with zero attached hydrogens (tertiary/aromatic N) is 1. The van der Waals surface area contributed by atoms with Crippen LogP contribution in [0, 0.1) is 6.92 Å². The van der Waals surface area contributed by atoms with Crippen LogP contribution in [0.25, 0.3) is 0 Å². The van der Waals surface area contributed by atoms with Gasteiger partial charge < -0.3 is 15.8 Å². The topological polar surface area (TPSA) is 93.0 Å². The number of para-hydroxylation sites is 1. The number of ether oxygens (including phenoxy) is 1. The van der Waals surface area contributed by atoms with Gasteiger partial charge in [0, 0.05) is 6.04 Å². The van der Waals surface area contributed by atoms with E-state index in [1.807, 2.05) is 31.2 Å². The molecule has 0 saturated heterocycles. The summed E-state index contributed by atoms with van der Waals surface area (Å²) in [6, 6.07) is 7.68. The third-order valence-electron chi connectivity index (χ3n) is 3.31. The van der Waals surface area contributed by atoms with Crippen LogP contribution in [0.2, 0.25) is 0 Å². The molecule has 1 atom stereocenters. The lowest BCUT2D eigenvalue weighted by Crippen LogP contribution is -2.34. The molecule has 0 spiro atoms. The van der Waals surface area contributed by atoms with Gasteiger partial charge in [0.1, 0.15) is 5.75 Å². The first-order valence-electron chi connectivity index (χ1n) is 6.76. The molecule has 0 radical (unpaired) electrons. The molecule has 1 unspecified atom stereocenters. The number of aromatic nitrogens is 2. The number of carbonyl (C=O) groups excluding carboxylic acids is 1. The minimum atomic E-state index is -0.278. The van der Waals surface area contributed by atoms with Gasteiger partial charge in [0.2, 0.25) is 0 Å². The number of rotatable bonds is 5. The van der Waals surface area contributed by atoms with E-state index >= 15 is 0 Å². The van der Waals surface area contributed by atoms with Gasteiger partial charge in [0.05, 0.1) is 18.5 Å². The molecule has 2 aromatic rings. The Kier molecular flexibility index (Phi) is 4.47. The van der Waals surface area contributed by atoms with Gasteiger partial charge in [-0.25, -0.2) is 0 Å². The second-order valence-corrected chi connectivity index (χ2v) is 5.00. The number of nitrogen functional groups attached to an aromatic ring is 1. The van der Waals surface area contributed by atoms with Gasteiger partial charge in [0.25, 0.3) is 5.91 Å². The van der Waals surface area contributed by atoms with E-state index in [2.05, 4.69) is 15.5 Å². The number of aromatic amines is 1. The quantitative estimate of drug-likeness (QED) is 0.780. The van der Waals surface area contributed by atoms with E-state index < -0.39 is 0 Å². The fourth-order valence-corrected chi connectivity index (χ4v) is 2.16. The van der Waals surface area contributed by atoms with Crippen molar-refractivity contribution >= 4 is 11.6 Å². The molecule has 112 valence electrons. The number of carbonyl (C=O) groups is 1. The van der Waals surface area contributed by atoms with Crippen LogP contribution in [0.4, 0.5) is 5.69 Å². The Morgan fingerprint density at radius 3 is 2.81 bits per heavy atom. The summed E-state index contributed by atoms with van der Waals surface area (Å²) >= 11 is 0. The van der Waals surface area contributed by atoms with Crippen LogP contribution in [0.3, 0.4) is 0 Å². The highest BCUT2D eigenvalue weighted by Crippen LogP contribution is 2.19. The largest absolute Gasteiger partial charge is 0.496 e. The van der Waals surface area contributed by atoms with Gasteiger partial charge >= 0.3 is 0 Å². The molecule has 6 nitrogen and oxygen atoms in total. The summed E-state index contributed by atoms with van der Waals surface area (Å²) in [6.07, 6.45) is 0.666. The Labute approximate surface area is 123 Å². The van der Waals surface area contributed by atoms with E-state index in [0.29, 0.717) is 17.8 Å². The van der Waals surface area contributed by atoms with Gasteiger partial charge in [-0.05, 0) is 31.9 Å². The van der Waals surface area contributed by atoms with E-state index in [-0.39, 0.29) is 17.6 Å². The minimum Gasteiger partial charge on any atom is -0.496 e. The molecule has 2 rings (SSSR count). The molecule has 1 aromatic heterocycles. The molecule has 0 fully saturated rings. The third-order valence-corrected chi connectivity index (χ3v) is 3.31. The molecule has 1 aromatic carbocycles. The standard InChI is InChI=1S/C15H20N4O2/c1-9(8-11-6-4-5-7-12(11)21-3)17-15(20)14-13(16)10(2)18-19-14/h4-7,9H,8,16H2,1-3H3,(H,17,20)(H,18,19). The number of amides is 1. The molecule has 1 amide bonds. The summed E-state index contributed by atoms with van der Waals surface area (Å²) < 4.78 is 5.31. The van der Waals surface area contributed by atoms with Crippen molar-refractivity contribution in [3.63, 3.8) is 0 Å². The molecule has 0 aliphatic rings. The zero-order chi connectivity index (χ0) is 15.4. The molecule has 6 heteroatoms. The average Bonchev–Trinajstić information content (AvgIpc) is 2.79. The lowest BCUT2D eigenvalue weighted by molar-refractivity contribution is 0.0936. The van der Waals surface area contributed by atoms with Gasteiger partial charge in [-0.3, -0.25) is 9.89 Å². The number of nitrogens with one attached hydrogen (secondary N) is 2. The maximum atomic E-state index is 12.1. The minimum absolute atomic E-state index is 0.0646. The number of H-pyrrole nitrogens is 1. The molecular formula is C15H20N4O2. The Morgan fingerprint density at radius 2 is 2.19 bits per heavy atom. The predicted molar refractivity (Wildman–Crippen MR) is 81.4 cm³/mol. The first kappa shape index (κ1) is 14.9. The summed E-state index contributed by atoms with van der Waals surface area (Å²) in [5, 5.41) is 9.52. The molecule has 0 bridgehead atoms. The Hall–Kier alpha value is -2.50. The Morgan fingerprint density at radius 1 is 1.48 bits per heavy atom. The zero-order valence-electron chi connectivity index (χ0n) is 12.4. The third kappa shape index (κ3) is 3.34. The van der Waals surface area contributed by atoms with Crippen LogP contribution in [-0.4, -0.2) is 29.3 Å². The van der Waals surface area contributed by atoms with Gasteiger partial charge in [-0.1, -0.05) is 18.2 Å². The number of benzene rings is 1. The van der Waals surface area contributed by atoms with E-state index in [0.717, 1.165) is 11.3 Å². The van der Waals surface area contributed by atoms with Crippen molar-refractivity contribution in [2.24, 2.45) is 0 Å². The summed E-state index contributed by atoms with van der Waals surface area (Å²) in [7, 11) is 1.63. The lowest BCUT2D eigenvalue weighted by atomic mass is 10.1. The number of nitrogens with two attached hydrogens (primary N) is 1. The lowest BCUT2D eigenvalue weighted by Gasteiger charge is -2.15. The molecule has 1 heterocycles. The highest BCUT2D eigenvalue weighted by atomic mass is 16.5. The molecule has 0 saturated carbocycles. The monoisotopic (exact) mass is 288 g/mol. The second kappa shape index (κ2) is 6.30. The van der Waals surface area contributed by atoms with E-state index in [1.165, 1.54) is 0 Å². The first-order chi connectivity index (χ1) is 10.0. The normalized spacial score (nSPS) is 12.0. The van der Waals surface area contributed by atoms with Gasteiger partial charge in [0.15, 0.2) is 5.69 Å². The van der Waals surface area contributed by atoms with Crippen molar-refractivity contribution < 1.29 is 9.53 Å². The van der Waals surface area contributed by atoms with Gasteiger partial charge in [-0.2, -0.15) is 5.10 Å². The van der Waals surface area contributed by atoms with Crippen molar-refractivity contribution in [2.75, 3.05) is 12.8 Å². The number of hydrogen-bond donors (Lipinski definition) is 3. The average molecular weight is 288 g/mol. The number of aryl methyl sites for hydroxylation is 1. The fourth-order valence-electron chi connectivity index (χ4n) is 2.16. The van der Waals surface area contributed by atoms with E-state index in [4.69, 9.17) is 10.5 Å². The van der Waals surface area contributed by atoms with Crippen molar-refractivity contribution in [1.29, 1.82) is 0 Å². The Balaban J connectivity index is 2.03. The van der Waals surface area contributed by atoms with Crippen LogP contribution in [0.15, 0.2) is 24.3 Å². The second-order valence-electron chi connectivity index (χ2n) is 5.00. The Bertz CT molecular complexity index is 636. The number of anilines is 1. The summed E-state index contributed by atoms with van der Waals surface area (Å²) in [5.41, 5.74) is 8.16. The van der Waals surface area contributed by atoms with E-state index in [9.17, 15) is 4.79 Å². The highest BCUT2D eigenvalue weighted by Gasteiger charge is 2.18. The van der Waals surface area contributed by atoms with Crippen molar-refractivity contribution in [3.8, 4) is 5.75 Å². The molecule has 21 heavy (non-hydrogen) atoms. The van der Waals surface area contributed by atoms with Crippen LogP contribution in [-0.2, 0) is 6.42 Å². The van der Waals surface area contributed by atoms with E-state index in [1.54, 1.807) is 14.0 Å². The predicted octanol–water partition coefficient (Wildman–Crippen LogP) is 1.67. The van der Waals surface area contributed by atoms with Crippen LogP contribution < -0.4 is 15.8 Å². The fraction of sp³-hybridized carbons (Fsp3) is 0.333. The van der Waals surface area contributed by atoms with Gasteiger partial charge in [-0.15, -0.1) is 0 Å². The summed E-state index contributed by atoms with van der Waals surface area (Å²) in [5.74, 6) is 0.535. The zero-order valence-corrected chi connectivity index (χ0v) is 12.4. The number of methoxy groups -OCH3 is 1. The van der Waals surface area contributed by atoms with Crippen molar-refractivity contribution in [2.45, 2.75) is 26.3 Å². The number of hydrogen-bond acceptors (Lipinski definition) is 4. The molecule has 0 aliphatic heterocycles. The van der Waals surface area contributed by atoms with Crippen molar-refractivity contribution in [1.82, 2.24) is 15.5 Å². The maximum absolute atomic E-state index is 12.1. The smallest absolute Gasteiger partial charge is 0.274 e. The molecule has 0 aliphatic carbocycles. The SMILES string of the molecule is COc1ccccc1CC(C)NC(=O)c1n[nH]c(C)c1N. The maximum Gasteiger partial charge on any atom is 0.274 e. The summed E-state index contributed by atoms with van der Waals surface area (Å²) in [4.78, 5) is 12.1. The first-order valence-corrected chi connectivity index (χ1v) is 6.76. The van der Waals surface area contributed by atoms with Crippen LogP contribution >= 0.6 is 0 Å². The molecular weight excluding hydrogens is 268 g/mol.